The second-order valence-corrected chi connectivity index (χ2v) is 6.81. The number of carbonyl (C=O) groups excluding carboxylic acids is 1. The number of allylic oxidation sites excluding steroid dienone is 4. The molecule has 0 aromatic heterocycles. The fourth-order valence-corrected chi connectivity index (χ4v) is 3.03. The Morgan fingerprint density at radius 2 is 1.67 bits per heavy atom. The fourth-order valence-electron chi connectivity index (χ4n) is 2.00. The molecule has 4 nitrogen and oxygen atoms in total. The molecule has 0 N–H and O–H groups in total. The van der Waals surface area contributed by atoms with Crippen molar-refractivity contribution in [2.75, 3.05) is 0 Å². The lowest BCUT2D eigenvalue weighted by Gasteiger charge is -2.16. The quantitative estimate of drug-likeness (QED) is 0.806. The Kier molecular flexibility index (Phi) is 4.23. The largest absolute Gasteiger partial charge is 0.290 e. The summed E-state index contributed by atoms with van der Waals surface area (Å²) in [5, 5.41) is 0. The third-order valence-corrected chi connectivity index (χ3v) is 4.51. The second-order valence-electron chi connectivity index (χ2n) is 5.21. The topological polar surface area (TPSA) is 63.6 Å². The monoisotopic (exact) mass is 303 g/mol. The molecule has 0 atom stereocenters. The number of rotatable bonds is 3. The second kappa shape index (κ2) is 5.77. The molecule has 0 amide bonds. The minimum atomic E-state index is -3.78. The standard InChI is InChI=1S/C16H17NO3S/c1-11(2)14-10-16(18)12(3)9-15(14)17-21(19,20)13-7-5-4-6-8-13/h4-11H,1-3H3. The van der Waals surface area contributed by atoms with Crippen LogP contribution < -0.4 is 0 Å². The molecule has 2 rings (SSSR count). The van der Waals surface area contributed by atoms with E-state index in [0.29, 0.717) is 16.9 Å². The van der Waals surface area contributed by atoms with Crippen LogP contribution in [-0.2, 0) is 14.8 Å². The summed E-state index contributed by atoms with van der Waals surface area (Å²) >= 11 is 0. The van der Waals surface area contributed by atoms with E-state index in [2.05, 4.69) is 4.40 Å². The van der Waals surface area contributed by atoms with E-state index in [1.54, 1.807) is 25.1 Å². The third kappa shape index (κ3) is 3.36. The van der Waals surface area contributed by atoms with Crippen molar-refractivity contribution in [2.45, 2.75) is 25.7 Å². The Morgan fingerprint density at radius 1 is 1.05 bits per heavy atom. The Morgan fingerprint density at radius 3 is 2.24 bits per heavy atom. The van der Waals surface area contributed by atoms with Crippen molar-refractivity contribution in [2.24, 2.45) is 10.3 Å². The number of sulfonamides is 1. The van der Waals surface area contributed by atoms with Crippen molar-refractivity contribution in [1.29, 1.82) is 0 Å². The smallest absolute Gasteiger partial charge is 0.282 e. The SMILES string of the molecule is CC1=CC(=NS(=O)(=O)c2ccccc2)C(C(C)C)=CC1=O. The van der Waals surface area contributed by atoms with Crippen LogP contribution in [0.3, 0.4) is 0 Å². The van der Waals surface area contributed by atoms with Gasteiger partial charge in [0.25, 0.3) is 10.0 Å². The molecule has 0 spiro atoms. The number of benzene rings is 1. The van der Waals surface area contributed by atoms with Crippen molar-refractivity contribution in [3.05, 3.63) is 53.6 Å². The summed E-state index contributed by atoms with van der Waals surface area (Å²) in [5.74, 6) is -0.0854. The lowest BCUT2D eigenvalue weighted by molar-refractivity contribution is -0.111. The zero-order valence-electron chi connectivity index (χ0n) is 12.2. The third-order valence-electron chi connectivity index (χ3n) is 3.21. The lowest BCUT2D eigenvalue weighted by atomic mass is 9.90. The molecule has 1 aromatic rings. The molecular formula is C16H17NO3S. The van der Waals surface area contributed by atoms with Gasteiger partial charge in [0.15, 0.2) is 5.78 Å². The van der Waals surface area contributed by atoms with Crippen molar-refractivity contribution in [3.8, 4) is 0 Å². The number of hydrogen-bond donors (Lipinski definition) is 0. The summed E-state index contributed by atoms with van der Waals surface area (Å²) in [7, 11) is -3.78. The van der Waals surface area contributed by atoms with Crippen LogP contribution in [0.15, 0.2) is 62.9 Å². The van der Waals surface area contributed by atoms with Crippen molar-refractivity contribution in [3.63, 3.8) is 0 Å². The van der Waals surface area contributed by atoms with Crippen LogP contribution in [-0.4, -0.2) is 19.9 Å². The van der Waals surface area contributed by atoms with Gasteiger partial charge in [0, 0.05) is 0 Å². The van der Waals surface area contributed by atoms with Gasteiger partial charge in [0.2, 0.25) is 0 Å². The van der Waals surface area contributed by atoms with E-state index in [0.717, 1.165) is 0 Å². The van der Waals surface area contributed by atoms with E-state index < -0.39 is 10.0 Å². The Balaban J connectivity index is 2.53. The van der Waals surface area contributed by atoms with Gasteiger partial charge < -0.3 is 0 Å². The molecule has 0 saturated heterocycles. The molecule has 0 unspecified atom stereocenters. The highest BCUT2D eigenvalue weighted by Gasteiger charge is 2.21. The average molecular weight is 303 g/mol. The van der Waals surface area contributed by atoms with Gasteiger partial charge in [-0.15, -0.1) is 0 Å². The summed E-state index contributed by atoms with van der Waals surface area (Å²) in [6.07, 6.45) is 3.01. The summed E-state index contributed by atoms with van der Waals surface area (Å²) in [4.78, 5) is 11.9. The molecule has 0 fully saturated rings. The first kappa shape index (κ1) is 15.4. The molecule has 1 aliphatic rings. The van der Waals surface area contributed by atoms with E-state index in [-0.39, 0.29) is 16.6 Å². The summed E-state index contributed by atoms with van der Waals surface area (Å²) in [6.45, 7) is 5.46. The molecule has 0 aliphatic heterocycles. The van der Waals surface area contributed by atoms with Crippen LogP contribution in [0.4, 0.5) is 0 Å². The van der Waals surface area contributed by atoms with Gasteiger partial charge in [-0.05, 0) is 48.3 Å². The molecule has 5 heteroatoms. The molecule has 1 aromatic carbocycles. The van der Waals surface area contributed by atoms with Gasteiger partial charge in [-0.3, -0.25) is 4.79 Å². The maximum Gasteiger partial charge on any atom is 0.282 e. The minimum absolute atomic E-state index is 0.0167. The lowest BCUT2D eigenvalue weighted by Crippen LogP contribution is -2.17. The van der Waals surface area contributed by atoms with E-state index in [1.807, 2.05) is 13.8 Å². The van der Waals surface area contributed by atoms with E-state index in [4.69, 9.17) is 0 Å². The predicted octanol–water partition coefficient (Wildman–Crippen LogP) is 2.93. The highest BCUT2D eigenvalue weighted by atomic mass is 32.2. The van der Waals surface area contributed by atoms with Crippen LogP contribution in [0.5, 0.6) is 0 Å². The normalized spacial score (nSPS) is 17.9. The average Bonchev–Trinajstić information content (AvgIpc) is 2.43. The molecule has 0 bridgehead atoms. The van der Waals surface area contributed by atoms with Crippen LogP contribution in [0.25, 0.3) is 0 Å². The summed E-state index contributed by atoms with van der Waals surface area (Å²) in [5.41, 5.74) is 1.47. The first-order valence-electron chi connectivity index (χ1n) is 6.66. The zero-order chi connectivity index (χ0) is 15.6. The number of carbonyl (C=O) groups is 1. The van der Waals surface area contributed by atoms with Crippen LogP contribution >= 0.6 is 0 Å². The molecule has 1 aliphatic carbocycles. The van der Waals surface area contributed by atoms with Crippen molar-refractivity contribution >= 4 is 21.5 Å². The first-order chi connectivity index (χ1) is 9.81. The molecule has 0 heterocycles. The number of hydrogen-bond acceptors (Lipinski definition) is 3. The number of ketones is 1. The molecule has 0 radical (unpaired) electrons. The molecule has 21 heavy (non-hydrogen) atoms. The predicted molar refractivity (Wildman–Crippen MR) is 82.7 cm³/mol. The molecule has 0 saturated carbocycles. The summed E-state index contributed by atoms with van der Waals surface area (Å²) in [6, 6.07) is 8.05. The number of nitrogens with zero attached hydrogens (tertiary/aromatic N) is 1. The van der Waals surface area contributed by atoms with E-state index in [1.165, 1.54) is 24.3 Å². The Bertz CT molecular complexity index is 754. The van der Waals surface area contributed by atoms with Crippen molar-refractivity contribution in [1.82, 2.24) is 0 Å². The Hall–Kier alpha value is -2.01. The van der Waals surface area contributed by atoms with Crippen LogP contribution in [0.2, 0.25) is 0 Å². The highest BCUT2D eigenvalue weighted by molar-refractivity contribution is 7.90. The Labute approximate surface area is 125 Å². The fraction of sp³-hybridized carbons (Fsp3) is 0.250. The van der Waals surface area contributed by atoms with E-state index >= 15 is 0 Å². The van der Waals surface area contributed by atoms with Crippen LogP contribution in [0, 0.1) is 5.92 Å². The highest BCUT2D eigenvalue weighted by Crippen LogP contribution is 2.22. The van der Waals surface area contributed by atoms with Gasteiger partial charge >= 0.3 is 0 Å². The van der Waals surface area contributed by atoms with E-state index in [9.17, 15) is 13.2 Å². The zero-order valence-corrected chi connectivity index (χ0v) is 13.0. The van der Waals surface area contributed by atoms with Gasteiger partial charge in [-0.25, -0.2) is 0 Å². The minimum Gasteiger partial charge on any atom is -0.290 e. The molecule has 110 valence electrons. The maximum absolute atomic E-state index is 12.3. The molecular weight excluding hydrogens is 286 g/mol. The van der Waals surface area contributed by atoms with Crippen molar-refractivity contribution < 1.29 is 13.2 Å². The van der Waals surface area contributed by atoms with Gasteiger partial charge in [-0.2, -0.15) is 12.8 Å². The summed E-state index contributed by atoms with van der Waals surface area (Å²) < 4.78 is 28.6. The first-order valence-corrected chi connectivity index (χ1v) is 8.10. The van der Waals surface area contributed by atoms with Gasteiger partial charge in [-0.1, -0.05) is 32.0 Å². The van der Waals surface area contributed by atoms with Crippen LogP contribution in [0.1, 0.15) is 20.8 Å². The maximum atomic E-state index is 12.3. The van der Waals surface area contributed by atoms with Gasteiger partial charge in [0.1, 0.15) is 0 Å². The van der Waals surface area contributed by atoms with Gasteiger partial charge in [0.05, 0.1) is 10.6 Å².